The van der Waals surface area contributed by atoms with Crippen LogP contribution in [0.3, 0.4) is 0 Å². The second-order valence-corrected chi connectivity index (χ2v) is 3.15. The summed E-state index contributed by atoms with van der Waals surface area (Å²) >= 11 is 0. The molecule has 0 aromatic heterocycles. The molecule has 0 amide bonds. The van der Waals surface area contributed by atoms with E-state index in [2.05, 4.69) is 49.5 Å². The normalized spacial score (nSPS) is 10.3. The Bertz CT molecular complexity index is 163. The van der Waals surface area contributed by atoms with Crippen LogP contribution in [0.15, 0.2) is 0 Å². The van der Waals surface area contributed by atoms with Gasteiger partial charge in [-0.15, -0.1) is 0 Å². The molecular weight excluding hydrogens is 160 g/mol. The minimum absolute atomic E-state index is 0.887. The molecule has 0 saturated carbocycles. The summed E-state index contributed by atoms with van der Waals surface area (Å²) in [7, 11) is 2.09. The first kappa shape index (κ1) is 12.5. The highest BCUT2D eigenvalue weighted by atomic mass is 15.1. The third-order valence-corrected chi connectivity index (χ3v) is 2.21. The minimum atomic E-state index is 0.887. The molecule has 2 heteroatoms. The molecule has 0 heterocycles. The fourth-order valence-corrected chi connectivity index (χ4v) is 0.918. The van der Waals surface area contributed by atoms with Gasteiger partial charge in [0.25, 0.3) is 0 Å². The average molecular weight is 182 g/mol. The lowest BCUT2D eigenvalue weighted by Gasteiger charge is -2.13. The third-order valence-electron chi connectivity index (χ3n) is 2.21. The fraction of sp³-hybridized carbons (Fsp3) is 0.818. The maximum Gasteiger partial charge on any atom is 0.0601 e. The van der Waals surface area contributed by atoms with Crippen LogP contribution in [-0.2, 0) is 0 Å². The summed E-state index contributed by atoms with van der Waals surface area (Å²) in [5, 5.41) is 0. The van der Waals surface area contributed by atoms with Gasteiger partial charge in [-0.2, -0.15) is 0 Å². The third kappa shape index (κ3) is 6.62. The first-order valence-corrected chi connectivity index (χ1v) is 5.11. The van der Waals surface area contributed by atoms with E-state index in [0.29, 0.717) is 0 Å². The lowest BCUT2D eigenvalue weighted by Crippen LogP contribution is -2.23. The Morgan fingerprint density at radius 1 is 0.846 bits per heavy atom. The Labute approximate surface area is 82.9 Å². The van der Waals surface area contributed by atoms with Crippen LogP contribution < -0.4 is 0 Å². The molecule has 0 spiro atoms. The lowest BCUT2D eigenvalue weighted by atomic mass is 10.4. The SMILES string of the molecule is CCN(C)CC#CCN(CC)CC. The van der Waals surface area contributed by atoms with Gasteiger partial charge in [-0.05, 0) is 26.7 Å². The first-order chi connectivity index (χ1) is 6.24. The molecule has 0 fully saturated rings. The summed E-state index contributed by atoms with van der Waals surface area (Å²) in [5.74, 6) is 6.36. The van der Waals surface area contributed by atoms with Gasteiger partial charge < -0.3 is 0 Å². The standard InChI is InChI=1S/C11H22N2/c1-5-12(4)10-8-9-11-13(6-2)7-3/h5-7,10-11H2,1-4H3. The first-order valence-electron chi connectivity index (χ1n) is 5.11. The van der Waals surface area contributed by atoms with Crippen molar-refractivity contribution in [1.82, 2.24) is 9.80 Å². The summed E-state index contributed by atoms with van der Waals surface area (Å²) in [6.07, 6.45) is 0. The molecule has 0 radical (unpaired) electrons. The monoisotopic (exact) mass is 182 g/mol. The van der Waals surface area contributed by atoms with Crippen LogP contribution in [0.4, 0.5) is 0 Å². The van der Waals surface area contributed by atoms with Crippen LogP contribution in [0.5, 0.6) is 0 Å². The van der Waals surface area contributed by atoms with Crippen molar-refractivity contribution in [3.63, 3.8) is 0 Å². The highest BCUT2D eigenvalue weighted by molar-refractivity contribution is 5.02. The Hall–Kier alpha value is -0.520. The molecule has 0 aliphatic rings. The Morgan fingerprint density at radius 3 is 1.85 bits per heavy atom. The molecule has 0 atom stereocenters. The van der Waals surface area contributed by atoms with Crippen molar-refractivity contribution in [3.8, 4) is 11.8 Å². The zero-order valence-corrected chi connectivity index (χ0v) is 9.43. The number of nitrogens with zero attached hydrogens (tertiary/aromatic N) is 2. The molecule has 0 unspecified atom stereocenters. The summed E-state index contributed by atoms with van der Waals surface area (Å²) in [6, 6.07) is 0. The highest BCUT2D eigenvalue weighted by Crippen LogP contribution is 1.84. The smallest absolute Gasteiger partial charge is 0.0601 e. The Kier molecular flexibility index (Phi) is 7.77. The van der Waals surface area contributed by atoms with E-state index in [0.717, 1.165) is 32.7 Å². The van der Waals surface area contributed by atoms with Gasteiger partial charge in [0, 0.05) is 0 Å². The van der Waals surface area contributed by atoms with Crippen LogP contribution in [0.25, 0.3) is 0 Å². The molecule has 0 aromatic carbocycles. The van der Waals surface area contributed by atoms with Crippen molar-refractivity contribution in [2.75, 3.05) is 39.8 Å². The van der Waals surface area contributed by atoms with Crippen molar-refractivity contribution in [1.29, 1.82) is 0 Å². The summed E-state index contributed by atoms with van der Waals surface area (Å²) in [5.41, 5.74) is 0. The molecule has 0 saturated heterocycles. The van der Waals surface area contributed by atoms with Gasteiger partial charge in [0.15, 0.2) is 0 Å². The van der Waals surface area contributed by atoms with Gasteiger partial charge >= 0.3 is 0 Å². The van der Waals surface area contributed by atoms with Crippen LogP contribution in [0.2, 0.25) is 0 Å². The molecule has 0 aliphatic heterocycles. The van der Waals surface area contributed by atoms with Crippen molar-refractivity contribution in [2.45, 2.75) is 20.8 Å². The quantitative estimate of drug-likeness (QED) is 0.591. The molecule has 13 heavy (non-hydrogen) atoms. The van der Waals surface area contributed by atoms with Crippen LogP contribution in [0, 0.1) is 11.8 Å². The second kappa shape index (κ2) is 8.10. The van der Waals surface area contributed by atoms with E-state index < -0.39 is 0 Å². The van der Waals surface area contributed by atoms with E-state index in [4.69, 9.17) is 0 Å². The molecule has 0 rings (SSSR count). The van der Waals surface area contributed by atoms with E-state index in [1.165, 1.54) is 0 Å². The highest BCUT2D eigenvalue weighted by Gasteiger charge is 1.93. The molecular formula is C11H22N2. The minimum Gasteiger partial charge on any atom is -0.296 e. The lowest BCUT2D eigenvalue weighted by molar-refractivity contribution is 0.342. The summed E-state index contributed by atoms with van der Waals surface area (Å²) in [6.45, 7) is 11.5. The Morgan fingerprint density at radius 2 is 1.38 bits per heavy atom. The molecule has 0 aliphatic carbocycles. The molecule has 0 bridgehead atoms. The maximum absolute atomic E-state index is 3.19. The zero-order valence-electron chi connectivity index (χ0n) is 9.43. The molecule has 0 aromatic rings. The predicted octanol–water partition coefficient (Wildman–Crippen LogP) is 1.28. The largest absolute Gasteiger partial charge is 0.296 e. The second-order valence-electron chi connectivity index (χ2n) is 3.15. The van der Waals surface area contributed by atoms with E-state index >= 15 is 0 Å². The van der Waals surface area contributed by atoms with Gasteiger partial charge in [0.05, 0.1) is 13.1 Å². The average Bonchev–Trinajstić information content (AvgIpc) is 2.18. The van der Waals surface area contributed by atoms with E-state index in [1.54, 1.807) is 0 Å². The Balaban J connectivity index is 3.59. The summed E-state index contributed by atoms with van der Waals surface area (Å²) in [4.78, 5) is 4.52. The van der Waals surface area contributed by atoms with Crippen molar-refractivity contribution < 1.29 is 0 Å². The molecule has 2 nitrogen and oxygen atoms in total. The molecule has 0 N–H and O–H groups in total. The predicted molar refractivity (Wildman–Crippen MR) is 58.7 cm³/mol. The van der Waals surface area contributed by atoms with E-state index in [9.17, 15) is 0 Å². The number of rotatable bonds is 5. The van der Waals surface area contributed by atoms with Crippen LogP contribution in [-0.4, -0.2) is 49.6 Å². The topological polar surface area (TPSA) is 6.48 Å². The van der Waals surface area contributed by atoms with Crippen LogP contribution >= 0.6 is 0 Å². The molecule has 76 valence electrons. The van der Waals surface area contributed by atoms with Crippen molar-refractivity contribution in [2.24, 2.45) is 0 Å². The fourth-order valence-electron chi connectivity index (χ4n) is 0.918. The van der Waals surface area contributed by atoms with Crippen LogP contribution in [0.1, 0.15) is 20.8 Å². The van der Waals surface area contributed by atoms with Gasteiger partial charge in [-0.25, -0.2) is 0 Å². The summed E-state index contributed by atoms with van der Waals surface area (Å²) < 4.78 is 0. The van der Waals surface area contributed by atoms with Gasteiger partial charge in [0.2, 0.25) is 0 Å². The van der Waals surface area contributed by atoms with Gasteiger partial charge in [0.1, 0.15) is 0 Å². The maximum atomic E-state index is 3.19. The number of hydrogen-bond donors (Lipinski definition) is 0. The van der Waals surface area contributed by atoms with Gasteiger partial charge in [-0.1, -0.05) is 32.6 Å². The van der Waals surface area contributed by atoms with E-state index in [-0.39, 0.29) is 0 Å². The van der Waals surface area contributed by atoms with E-state index in [1.807, 2.05) is 0 Å². The zero-order chi connectivity index (χ0) is 10.1. The van der Waals surface area contributed by atoms with Gasteiger partial charge in [-0.3, -0.25) is 9.80 Å². The van der Waals surface area contributed by atoms with Crippen molar-refractivity contribution >= 4 is 0 Å². The van der Waals surface area contributed by atoms with Crippen molar-refractivity contribution in [3.05, 3.63) is 0 Å². The number of hydrogen-bond acceptors (Lipinski definition) is 2.